The topological polar surface area (TPSA) is 32.3 Å². The standard InChI is InChI=1S/C13H24N2O/c1-10(2)7-8-15(12-5-6-12)13(16)9-14-11-3-4-11/h10-12,14H,3-9H2,1-2H3. The number of nitrogens with one attached hydrogen (secondary N) is 1. The summed E-state index contributed by atoms with van der Waals surface area (Å²) in [5.41, 5.74) is 0. The van der Waals surface area contributed by atoms with Crippen molar-refractivity contribution in [2.24, 2.45) is 5.92 Å². The van der Waals surface area contributed by atoms with Crippen molar-refractivity contribution in [2.75, 3.05) is 13.1 Å². The van der Waals surface area contributed by atoms with Gasteiger partial charge in [-0.2, -0.15) is 0 Å². The number of hydrogen-bond acceptors (Lipinski definition) is 2. The summed E-state index contributed by atoms with van der Waals surface area (Å²) in [6.07, 6.45) is 6.07. The van der Waals surface area contributed by atoms with E-state index in [0.717, 1.165) is 13.0 Å². The smallest absolute Gasteiger partial charge is 0.236 e. The lowest BCUT2D eigenvalue weighted by Gasteiger charge is -2.23. The van der Waals surface area contributed by atoms with E-state index < -0.39 is 0 Å². The number of carbonyl (C=O) groups excluding carboxylic acids is 1. The molecule has 0 bridgehead atoms. The van der Waals surface area contributed by atoms with Gasteiger partial charge in [0.2, 0.25) is 5.91 Å². The van der Waals surface area contributed by atoms with Crippen molar-refractivity contribution in [2.45, 2.75) is 58.0 Å². The predicted octanol–water partition coefficient (Wildman–Crippen LogP) is 1.78. The lowest BCUT2D eigenvalue weighted by atomic mass is 10.1. The summed E-state index contributed by atoms with van der Waals surface area (Å²) in [7, 11) is 0. The summed E-state index contributed by atoms with van der Waals surface area (Å²) >= 11 is 0. The third-order valence-corrected chi connectivity index (χ3v) is 3.37. The highest BCUT2D eigenvalue weighted by molar-refractivity contribution is 5.79. The van der Waals surface area contributed by atoms with E-state index in [1.54, 1.807) is 0 Å². The number of carbonyl (C=O) groups is 1. The lowest BCUT2D eigenvalue weighted by Crippen LogP contribution is -2.41. The molecule has 0 spiro atoms. The van der Waals surface area contributed by atoms with Gasteiger partial charge in [0, 0.05) is 18.6 Å². The first-order chi connectivity index (χ1) is 7.66. The van der Waals surface area contributed by atoms with Gasteiger partial charge in [-0.05, 0) is 38.0 Å². The maximum atomic E-state index is 12.0. The molecule has 1 N–H and O–H groups in total. The van der Waals surface area contributed by atoms with Crippen LogP contribution >= 0.6 is 0 Å². The highest BCUT2D eigenvalue weighted by Crippen LogP contribution is 2.27. The molecule has 0 saturated heterocycles. The van der Waals surface area contributed by atoms with E-state index in [2.05, 4.69) is 24.1 Å². The van der Waals surface area contributed by atoms with E-state index in [4.69, 9.17) is 0 Å². The van der Waals surface area contributed by atoms with Crippen LogP contribution in [0.15, 0.2) is 0 Å². The van der Waals surface area contributed by atoms with E-state index in [9.17, 15) is 4.79 Å². The molecular formula is C13H24N2O. The Kier molecular flexibility index (Phi) is 3.85. The van der Waals surface area contributed by atoms with E-state index in [-0.39, 0.29) is 0 Å². The molecule has 0 heterocycles. The minimum atomic E-state index is 0.315. The normalized spacial score (nSPS) is 20.2. The number of hydrogen-bond donors (Lipinski definition) is 1. The van der Waals surface area contributed by atoms with Crippen LogP contribution < -0.4 is 5.32 Å². The van der Waals surface area contributed by atoms with Crippen LogP contribution in [0.2, 0.25) is 0 Å². The largest absolute Gasteiger partial charge is 0.339 e. The van der Waals surface area contributed by atoms with Gasteiger partial charge in [-0.15, -0.1) is 0 Å². The van der Waals surface area contributed by atoms with Crippen molar-refractivity contribution < 1.29 is 4.79 Å². The van der Waals surface area contributed by atoms with Gasteiger partial charge in [0.05, 0.1) is 6.54 Å². The second kappa shape index (κ2) is 5.17. The van der Waals surface area contributed by atoms with Gasteiger partial charge in [0.1, 0.15) is 0 Å². The molecule has 3 heteroatoms. The third kappa shape index (κ3) is 3.78. The fourth-order valence-corrected chi connectivity index (χ4v) is 1.92. The molecule has 2 fully saturated rings. The Morgan fingerprint density at radius 2 is 2.00 bits per heavy atom. The van der Waals surface area contributed by atoms with Crippen LogP contribution in [-0.2, 0) is 4.79 Å². The first kappa shape index (κ1) is 11.9. The van der Waals surface area contributed by atoms with Crippen molar-refractivity contribution in [3.63, 3.8) is 0 Å². The van der Waals surface area contributed by atoms with Crippen molar-refractivity contribution in [1.82, 2.24) is 10.2 Å². The Labute approximate surface area is 98.6 Å². The summed E-state index contributed by atoms with van der Waals surface area (Å²) in [5.74, 6) is 1.00. The molecular weight excluding hydrogens is 200 g/mol. The lowest BCUT2D eigenvalue weighted by molar-refractivity contribution is -0.131. The maximum Gasteiger partial charge on any atom is 0.236 e. The van der Waals surface area contributed by atoms with Gasteiger partial charge < -0.3 is 10.2 Å². The van der Waals surface area contributed by atoms with Crippen LogP contribution in [-0.4, -0.2) is 36.0 Å². The summed E-state index contributed by atoms with van der Waals surface area (Å²) in [5, 5.41) is 3.32. The van der Waals surface area contributed by atoms with Crippen molar-refractivity contribution >= 4 is 5.91 Å². The van der Waals surface area contributed by atoms with Crippen LogP contribution in [0.25, 0.3) is 0 Å². The van der Waals surface area contributed by atoms with E-state index in [0.29, 0.717) is 30.5 Å². The average molecular weight is 224 g/mol. The Bertz CT molecular complexity index is 244. The van der Waals surface area contributed by atoms with Crippen LogP contribution in [0.4, 0.5) is 0 Å². The van der Waals surface area contributed by atoms with E-state index in [1.165, 1.54) is 25.7 Å². The van der Waals surface area contributed by atoms with Crippen LogP contribution in [0.3, 0.4) is 0 Å². The average Bonchev–Trinajstić information content (AvgIpc) is 3.08. The molecule has 16 heavy (non-hydrogen) atoms. The van der Waals surface area contributed by atoms with Gasteiger partial charge in [0.25, 0.3) is 0 Å². The summed E-state index contributed by atoms with van der Waals surface area (Å²) in [6, 6.07) is 1.20. The quantitative estimate of drug-likeness (QED) is 0.715. The SMILES string of the molecule is CC(C)CCN(C(=O)CNC1CC1)C1CC1. The summed E-state index contributed by atoms with van der Waals surface area (Å²) in [4.78, 5) is 14.1. The molecule has 1 amide bonds. The minimum Gasteiger partial charge on any atom is -0.339 e. The first-order valence-corrected chi connectivity index (χ1v) is 6.69. The zero-order valence-electron chi connectivity index (χ0n) is 10.5. The molecule has 0 aromatic heterocycles. The Morgan fingerprint density at radius 3 is 2.50 bits per heavy atom. The second-order valence-electron chi connectivity index (χ2n) is 5.66. The van der Waals surface area contributed by atoms with Crippen LogP contribution in [0.5, 0.6) is 0 Å². The molecule has 0 aromatic carbocycles. The van der Waals surface area contributed by atoms with Crippen molar-refractivity contribution in [3.8, 4) is 0 Å². The van der Waals surface area contributed by atoms with Crippen molar-refractivity contribution in [3.05, 3.63) is 0 Å². The molecule has 0 unspecified atom stereocenters. The van der Waals surface area contributed by atoms with Gasteiger partial charge in [-0.1, -0.05) is 13.8 Å². The minimum absolute atomic E-state index is 0.315. The van der Waals surface area contributed by atoms with Crippen molar-refractivity contribution in [1.29, 1.82) is 0 Å². The Morgan fingerprint density at radius 1 is 1.31 bits per heavy atom. The number of nitrogens with zero attached hydrogens (tertiary/aromatic N) is 1. The maximum absolute atomic E-state index is 12.0. The monoisotopic (exact) mass is 224 g/mol. The first-order valence-electron chi connectivity index (χ1n) is 6.69. The molecule has 0 atom stereocenters. The third-order valence-electron chi connectivity index (χ3n) is 3.37. The highest BCUT2D eigenvalue weighted by atomic mass is 16.2. The van der Waals surface area contributed by atoms with Gasteiger partial charge >= 0.3 is 0 Å². The molecule has 0 aliphatic heterocycles. The number of rotatable bonds is 7. The van der Waals surface area contributed by atoms with Gasteiger partial charge in [0.15, 0.2) is 0 Å². The van der Waals surface area contributed by atoms with Crippen LogP contribution in [0.1, 0.15) is 46.0 Å². The van der Waals surface area contributed by atoms with E-state index in [1.807, 2.05) is 0 Å². The summed E-state index contributed by atoms with van der Waals surface area (Å²) in [6.45, 7) is 5.95. The zero-order chi connectivity index (χ0) is 11.5. The fraction of sp³-hybridized carbons (Fsp3) is 0.923. The predicted molar refractivity (Wildman–Crippen MR) is 65.2 cm³/mol. The molecule has 92 valence electrons. The molecule has 2 aliphatic carbocycles. The molecule has 0 aromatic rings. The Balaban J connectivity index is 1.73. The molecule has 0 radical (unpaired) electrons. The zero-order valence-corrected chi connectivity index (χ0v) is 10.5. The highest BCUT2D eigenvalue weighted by Gasteiger charge is 2.32. The fourth-order valence-electron chi connectivity index (χ4n) is 1.92. The summed E-state index contributed by atoms with van der Waals surface area (Å²) < 4.78 is 0. The second-order valence-corrected chi connectivity index (χ2v) is 5.66. The molecule has 2 rings (SSSR count). The molecule has 2 saturated carbocycles. The van der Waals surface area contributed by atoms with Crippen LogP contribution in [0, 0.1) is 5.92 Å². The molecule has 2 aliphatic rings. The Hall–Kier alpha value is -0.570. The van der Waals surface area contributed by atoms with Gasteiger partial charge in [-0.25, -0.2) is 0 Å². The van der Waals surface area contributed by atoms with E-state index >= 15 is 0 Å². The molecule has 3 nitrogen and oxygen atoms in total. The van der Waals surface area contributed by atoms with Gasteiger partial charge in [-0.3, -0.25) is 4.79 Å². The number of amides is 1.